The zero-order valence-corrected chi connectivity index (χ0v) is 10.6. The molecule has 0 fully saturated rings. The zero-order valence-electron chi connectivity index (χ0n) is 10.6. The second-order valence-corrected chi connectivity index (χ2v) is 3.67. The van der Waals surface area contributed by atoms with Crippen molar-refractivity contribution in [1.29, 1.82) is 0 Å². The number of hydrogen-bond donors (Lipinski definition) is 0. The average molecular weight is 238 g/mol. The van der Waals surface area contributed by atoms with E-state index in [1.807, 2.05) is 13.8 Å². The third kappa shape index (κ3) is 3.12. The van der Waals surface area contributed by atoms with E-state index in [4.69, 9.17) is 14.2 Å². The maximum atomic E-state index is 11.9. The van der Waals surface area contributed by atoms with Crippen molar-refractivity contribution in [2.24, 2.45) is 0 Å². The van der Waals surface area contributed by atoms with Gasteiger partial charge in [0.15, 0.2) is 11.5 Å². The fourth-order valence-corrected chi connectivity index (χ4v) is 1.38. The molecule has 1 aromatic rings. The molecule has 0 saturated carbocycles. The number of esters is 1. The first-order valence-corrected chi connectivity index (χ1v) is 5.56. The highest BCUT2D eigenvalue weighted by atomic mass is 16.5. The maximum Gasteiger partial charge on any atom is 0.342 e. The lowest BCUT2D eigenvalue weighted by molar-refractivity contribution is 0.0330. The fourth-order valence-electron chi connectivity index (χ4n) is 1.38. The lowest BCUT2D eigenvalue weighted by Gasteiger charge is -2.14. The molecule has 0 spiro atoms. The highest BCUT2D eigenvalue weighted by molar-refractivity contribution is 5.93. The molecule has 0 bridgehead atoms. The summed E-state index contributed by atoms with van der Waals surface area (Å²) < 4.78 is 15.6. The van der Waals surface area contributed by atoms with E-state index in [2.05, 4.69) is 0 Å². The Bertz CT molecular complexity index is 387. The van der Waals surface area contributed by atoms with Crippen LogP contribution in [0.5, 0.6) is 11.5 Å². The van der Waals surface area contributed by atoms with Crippen molar-refractivity contribution in [2.75, 3.05) is 14.2 Å². The van der Waals surface area contributed by atoms with Gasteiger partial charge in [-0.1, -0.05) is 13.0 Å². The topological polar surface area (TPSA) is 44.8 Å². The van der Waals surface area contributed by atoms with Gasteiger partial charge in [-0.05, 0) is 25.5 Å². The Morgan fingerprint density at radius 1 is 1.29 bits per heavy atom. The number of methoxy groups -OCH3 is 2. The van der Waals surface area contributed by atoms with E-state index < -0.39 is 5.97 Å². The molecule has 0 aliphatic heterocycles. The minimum absolute atomic E-state index is 0.113. The Morgan fingerprint density at radius 3 is 2.53 bits per heavy atom. The quantitative estimate of drug-likeness (QED) is 0.740. The third-order valence-electron chi connectivity index (χ3n) is 2.51. The van der Waals surface area contributed by atoms with Crippen LogP contribution >= 0.6 is 0 Å². The number of para-hydroxylation sites is 1. The molecule has 1 rings (SSSR count). The van der Waals surface area contributed by atoms with Gasteiger partial charge in [0.25, 0.3) is 0 Å². The molecule has 1 atom stereocenters. The Morgan fingerprint density at radius 2 is 2.00 bits per heavy atom. The van der Waals surface area contributed by atoms with Crippen molar-refractivity contribution in [1.82, 2.24) is 0 Å². The SMILES string of the molecule is CCC(C)OC(=O)c1cccc(OC)c1OC. The molecule has 4 heteroatoms. The van der Waals surface area contributed by atoms with Gasteiger partial charge in [0.2, 0.25) is 0 Å². The molecule has 0 aliphatic carbocycles. The highest BCUT2D eigenvalue weighted by Gasteiger charge is 2.18. The van der Waals surface area contributed by atoms with Gasteiger partial charge in [-0.15, -0.1) is 0 Å². The van der Waals surface area contributed by atoms with Crippen LogP contribution in [0.3, 0.4) is 0 Å². The first-order chi connectivity index (χ1) is 8.13. The lowest BCUT2D eigenvalue weighted by Crippen LogP contribution is -2.15. The summed E-state index contributed by atoms with van der Waals surface area (Å²) >= 11 is 0. The monoisotopic (exact) mass is 238 g/mol. The van der Waals surface area contributed by atoms with E-state index in [0.717, 1.165) is 6.42 Å². The van der Waals surface area contributed by atoms with E-state index in [1.54, 1.807) is 18.2 Å². The number of ether oxygens (including phenoxy) is 3. The second-order valence-electron chi connectivity index (χ2n) is 3.67. The van der Waals surface area contributed by atoms with Gasteiger partial charge in [0.05, 0.1) is 20.3 Å². The van der Waals surface area contributed by atoms with E-state index in [-0.39, 0.29) is 6.10 Å². The van der Waals surface area contributed by atoms with Gasteiger partial charge >= 0.3 is 5.97 Å². The summed E-state index contributed by atoms with van der Waals surface area (Å²) in [6.07, 6.45) is 0.663. The van der Waals surface area contributed by atoms with Gasteiger partial charge in [-0.3, -0.25) is 0 Å². The molecule has 4 nitrogen and oxygen atoms in total. The Labute approximate surface area is 101 Å². The van der Waals surface area contributed by atoms with Gasteiger partial charge in [0.1, 0.15) is 5.56 Å². The Hall–Kier alpha value is -1.71. The summed E-state index contributed by atoms with van der Waals surface area (Å²) in [4.78, 5) is 11.9. The van der Waals surface area contributed by atoms with Gasteiger partial charge in [-0.2, -0.15) is 0 Å². The fraction of sp³-hybridized carbons (Fsp3) is 0.462. The average Bonchev–Trinajstić information content (AvgIpc) is 2.37. The van der Waals surface area contributed by atoms with Gasteiger partial charge in [0, 0.05) is 0 Å². The van der Waals surface area contributed by atoms with Crippen LogP contribution in [0.2, 0.25) is 0 Å². The summed E-state index contributed by atoms with van der Waals surface area (Å²) in [6, 6.07) is 5.12. The molecular weight excluding hydrogens is 220 g/mol. The van der Waals surface area contributed by atoms with Crippen molar-refractivity contribution in [3.05, 3.63) is 23.8 Å². The molecule has 0 heterocycles. The predicted molar refractivity (Wildman–Crippen MR) is 64.7 cm³/mol. The molecule has 0 aliphatic rings. The minimum Gasteiger partial charge on any atom is -0.493 e. The standard InChI is InChI=1S/C13H18O4/c1-5-9(2)17-13(14)10-7-6-8-11(15-3)12(10)16-4/h6-9H,5H2,1-4H3. The highest BCUT2D eigenvalue weighted by Crippen LogP contribution is 2.31. The molecule has 17 heavy (non-hydrogen) atoms. The summed E-state index contributed by atoms with van der Waals surface area (Å²) in [5.74, 6) is 0.532. The largest absolute Gasteiger partial charge is 0.493 e. The molecular formula is C13H18O4. The first-order valence-electron chi connectivity index (χ1n) is 5.56. The maximum absolute atomic E-state index is 11.9. The third-order valence-corrected chi connectivity index (χ3v) is 2.51. The molecule has 1 unspecified atom stereocenters. The molecule has 0 N–H and O–H groups in total. The lowest BCUT2D eigenvalue weighted by atomic mass is 10.2. The molecule has 0 saturated heterocycles. The van der Waals surface area contributed by atoms with E-state index in [0.29, 0.717) is 17.1 Å². The van der Waals surface area contributed by atoms with Crippen LogP contribution in [0.15, 0.2) is 18.2 Å². The van der Waals surface area contributed by atoms with Gasteiger partial charge < -0.3 is 14.2 Å². The molecule has 94 valence electrons. The van der Waals surface area contributed by atoms with Crippen LogP contribution in [0.1, 0.15) is 30.6 Å². The number of rotatable bonds is 5. The van der Waals surface area contributed by atoms with Crippen molar-refractivity contribution >= 4 is 5.97 Å². The summed E-state index contributed by atoms with van der Waals surface area (Å²) in [6.45, 7) is 3.81. The van der Waals surface area contributed by atoms with Crippen LogP contribution in [0.25, 0.3) is 0 Å². The summed E-state index contributed by atoms with van der Waals surface area (Å²) in [5, 5.41) is 0. The zero-order chi connectivity index (χ0) is 12.8. The molecule has 0 amide bonds. The summed E-state index contributed by atoms with van der Waals surface area (Å²) in [7, 11) is 3.03. The second kappa shape index (κ2) is 6.13. The van der Waals surface area contributed by atoms with Crippen LogP contribution < -0.4 is 9.47 Å². The van der Waals surface area contributed by atoms with Crippen LogP contribution in [0, 0.1) is 0 Å². The number of carbonyl (C=O) groups is 1. The minimum atomic E-state index is -0.393. The normalized spacial score (nSPS) is 11.8. The van der Waals surface area contributed by atoms with Crippen molar-refractivity contribution in [3.63, 3.8) is 0 Å². The Balaban J connectivity index is 3.00. The predicted octanol–water partition coefficient (Wildman–Crippen LogP) is 2.66. The molecule has 0 radical (unpaired) electrons. The van der Waals surface area contributed by atoms with E-state index >= 15 is 0 Å². The van der Waals surface area contributed by atoms with Crippen molar-refractivity contribution in [2.45, 2.75) is 26.4 Å². The Kier molecular flexibility index (Phi) is 4.82. The van der Waals surface area contributed by atoms with Crippen LogP contribution in [-0.2, 0) is 4.74 Å². The molecule has 0 aromatic heterocycles. The van der Waals surface area contributed by atoms with Crippen molar-refractivity contribution in [3.8, 4) is 11.5 Å². The summed E-state index contributed by atoms with van der Waals surface area (Å²) in [5.41, 5.74) is 0.382. The van der Waals surface area contributed by atoms with Crippen LogP contribution in [0.4, 0.5) is 0 Å². The van der Waals surface area contributed by atoms with Crippen LogP contribution in [-0.4, -0.2) is 26.3 Å². The van der Waals surface area contributed by atoms with E-state index in [1.165, 1.54) is 14.2 Å². The number of carbonyl (C=O) groups excluding carboxylic acids is 1. The smallest absolute Gasteiger partial charge is 0.342 e. The first kappa shape index (κ1) is 13.4. The van der Waals surface area contributed by atoms with E-state index in [9.17, 15) is 4.79 Å². The molecule has 1 aromatic carbocycles. The number of benzene rings is 1. The van der Waals surface area contributed by atoms with Crippen molar-refractivity contribution < 1.29 is 19.0 Å². The number of hydrogen-bond acceptors (Lipinski definition) is 4. The van der Waals surface area contributed by atoms with Gasteiger partial charge in [-0.25, -0.2) is 4.79 Å².